The molecule has 0 unspecified atom stereocenters. The minimum absolute atomic E-state index is 0.0185. The van der Waals surface area contributed by atoms with E-state index < -0.39 is 50.1 Å². The molecule has 0 bridgehead atoms. The summed E-state index contributed by atoms with van der Waals surface area (Å²) >= 11 is -3.58. The molecule has 0 N–H and O–H groups in total. The van der Waals surface area contributed by atoms with E-state index in [1.54, 1.807) is 24.3 Å². The molecular weight excluding hydrogens is 737 g/mol. The van der Waals surface area contributed by atoms with Gasteiger partial charge in [-0.15, -0.1) is 0 Å². The topological polar surface area (TPSA) is 71.1 Å². The summed E-state index contributed by atoms with van der Waals surface area (Å²) in [5.74, 6) is -0.460. The number of hydrogen-bond donors (Lipinski definition) is 0. The summed E-state index contributed by atoms with van der Waals surface area (Å²) in [6.45, 7) is 1.04. The molecule has 1 saturated heterocycles. The summed E-state index contributed by atoms with van der Waals surface area (Å²) in [7, 11) is 0. The number of ether oxygens (including phenoxy) is 2. The average Bonchev–Trinajstić information content (AvgIpc) is 2.76. The van der Waals surface area contributed by atoms with Crippen LogP contribution in [0.1, 0.15) is 20.7 Å². The first kappa shape index (κ1) is 21.9. The third-order valence-corrected chi connectivity index (χ3v) is 14.9. The van der Waals surface area contributed by atoms with Crippen molar-refractivity contribution in [2.45, 2.75) is 20.1 Å². The number of carbonyl (C=O) groups is 2. The van der Waals surface area contributed by atoms with Gasteiger partial charge in [0, 0.05) is 0 Å². The van der Waals surface area contributed by atoms with Crippen molar-refractivity contribution in [2.24, 2.45) is 0 Å². The number of rotatable bonds is 8. The van der Waals surface area contributed by atoms with Crippen LogP contribution in [-0.4, -0.2) is 37.4 Å². The zero-order chi connectivity index (χ0) is 19.6. The quantitative estimate of drug-likeness (QED) is 0.386. The molecule has 2 atom stereocenters. The second-order valence-corrected chi connectivity index (χ2v) is 16.4. The summed E-state index contributed by atoms with van der Waals surface area (Å²) in [4.78, 5) is 23.9. The van der Waals surface area contributed by atoms with Crippen LogP contribution in [0.3, 0.4) is 0 Å². The third kappa shape index (κ3) is 7.21. The second-order valence-electron chi connectivity index (χ2n) is 6.49. The number of hydrogen-bond acceptors (Lipinski definition) is 6. The average molecular weight is 758 g/mol. The fourth-order valence-electron chi connectivity index (χ4n) is 2.80. The Kier molecular flexibility index (Phi) is 9.37. The molecule has 1 heterocycles. The normalized spacial score (nSPS) is 18.4. The SMILES string of the molecule is O=C([O][Hg][CH2][C@H]1CO[C@H]([CH2][Hg][O]C(=O)c2ccccc2)CO1)c1ccccc1. The zero-order valence-corrected chi connectivity index (χ0v) is 26.6. The maximum atomic E-state index is 11.9. The molecule has 0 aliphatic carbocycles. The van der Waals surface area contributed by atoms with Gasteiger partial charge >= 0.3 is 191 Å². The molecule has 1 aliphatic heterocycles. The van der Waals surface area contributed by atoms with Crippen molar-refractivity contribution < 1.29 is 74.4 Å². The van der Waals surface area contributed by atoms with Gasteiger partial charge in [0.15, 0.2) is 0 Å². The van der Waals surface area contributed by atoms with Crippen molar-refractivity contribution >= 4 is 11.9 Å². The first-order chi connectivity index (χ1) is 13.7. The van der Waals surface area contributed by atoms with Crippen molar-refractivity contribution in [1.29, 1.82) is 0 Å². The summed E-state index contributed by atoms with van der Waals surface area (Å²) in [5.41, 5.74) is 1.20. The molecule has 0 saturated carbocycles. The Morgan fingerprint density at radius 2 is 1.14 bits per heavy atom. The molecule has 0 radical (unpaired) electrons. The van der Waals surface area contributed by atoms with Crippen LogP contribution in [0.25, 0.3) is 0 Å². The molecule has 2 aromatic rings. The summed E-state index contributed by atoms with van der Waals surface area (Å²) < 4.78 is 24.3. The van der Waals surface area contributed by atoms with Gasteiger partial charge in [-0.25, -0.2) is 0 Å². The summed E-state index contributed by atoms with van der Waals surface area (Å²) in [5, 5.41) is 0. The van der Waals surface area contributed by atoms with Gasteiger partial charge in [-0.2, -0.15) is 0 Å². The van der Waals surface area contributed by atoms with Gasteiger partial charge in [0.25, 0.3) is 0 Å². The first-order valence-corrected chi connectivity index (χ1v) is 21.7. The van der Waals surface area contributed by atoms with Crippen LogP contribution in [-0.2, 0) is 64.8 Å². The Morgan fingerprint density at radius 3 is 1.50 bits per heavy atom. The van der Waals surface area contributed by atoms with Crippen molar-refractivity contribution in [3.8, 4) is 0 Å². The molecule has 1 fully saturated rings. The summed E-state index contributed by atoms with van der Waals surface area (Å²) in [6, 6.07) is 18.1. The fraction of sp³-hybridized carbons (Fsp3) is 0.300. The van der Waals surface area contributed by atoms with E-state index in [9.17, 15) is 9.59 Å². The van der Waals surface area contributed by atoms with Crippen LogP contribution in [0.5, 0.6) is 0 Å². The van der Waals surface area contributed by atoms with E-state index in [-0.39, 0.29) is 24.1 Å². The number of benzene rings is 2. The van der Waals surface area contributed by atoms with Crippen molar-refractivity contribution in [2.75, 3.05) is 13.2 Å². The zero-order valence-electron chi connectivity index (χ0n) is 15.6. The van der Waals surface area contributed by atoms with E-state index in [4.69, 9.17) is 14.8 Å². The monoisotopic (exact) mass is 760 g/mol. The van der Waals surface area contributed by atoms with E-state index >= 15 is 0 Å². The van der Waals surface area contributed by atoms with Crippen molar-refractivity contribution in [3.63, 3.8) is 0 Å². The minimum atomic E-state index is -1.79. The van der Waals surface area contributed by atoms with Gasteiger partial charge < -0.3 is 0 Å². The van der Waals surface area contributed by atoms with Gasteiger partial charge in [-0.1, -0.05) is 0 Å². The Morgan fingerprint density at radius 1 is 0.750 bits per heavy atom. The Balaban J connectivity index is 1.27. The maximum absolute atomic E-state index is 11.9. The predicted octanol–water partition coefficient (Wildman–Crippen LogP) is 3.32. The molecule has 0 amide bonds. The Bertz CT molecular complexity index is 682. The molecule has 0 aromatic heterocycles. The molecule has 0 spiro atoms. The predicted molar refractivity (Wildman–Crippen MR) is 92.8 cm³/mol. The standard InChI is InChI=1S/2C7H6O2.C6H10O2.2Hg/c2*8-7(9)6-4-2-1-3-5-6;1-5-3-8-6(2)4-7-5;;/h2*1-5H,(H,8,9);5-6H,1-4H2;;/q;;;2*+1/p-2/t;;5-,6+;;. The van der Waals surface area contributed by atoms with Crippen molar-refractivity contribution in [3.05, 3.63) is 71.8 Å². The van der Waals surface area contributed by atoms with Gasteiger partial charge in [0.2, 0.25) is 0 Å². The second kappa shape index (κ2) is 12.0. The van der Waals surface area contributed by atoms with E-state index in [0.29, 0.717) is 24.3 Å². The van der Waals surface area contributed by atoms with Gasteiger partial charge in [0.1, 0.15) is 0 Å². The van der Waals surface area contributed by atoms with Crippen LogP contribution >= 0.6 is 0 Å². The van der Waals surface area contributed by atoms with Gasteiger partial charge in [-0.3, -0.25) is 0 Å². The van der Waals surface area contributed by atoms with E-state index in [2.05, 4.69) is 0 Å². The van der Waals surface area contributed by atoms with Gasteiger partial charge in [0.05, 0.1) is 0 Å². The number of carbonyl (C=O) groups excluding carboxylic acids is 2. The van der Waals surface area contributed by atoms with Gasteiger partial charge in [-0.05, 0) is 0 Å². The van der Waals surface area contributed by atoms with E-state index in [1.807, 2.05) is 36.4 Å². The van der Waals surface area contributed by atoms with Crippen LogP contribution in [0.4, 0.5) is 0 Å². The van der Waals surface area contributed by atoms with Crippen LogP contribution in [0.15, 0.2) is 60.7 Å². The Hall–Kier alpha value is -0.830. The third-order valence-electron chi connectivity index (χ3n) is 4.40. The van der Waals surface area contributed by atoms with E-state index in [1.165, 1.54) is 0 Å². The Labute approximate surface area is 190 Å². The van der Waals surface area contributed by atoms with Crippen LogP contribution < -0.4 is 0 Å². The molecule has 140 valence electrons. The molecule has 28 heavy (non-hydrogen) atoms. The fourth-order valence-corrected chi connectivity index (χ4v) is 11.1. The molecule has 3 rings (SSSR count). The molecule has 6 nitrogen and oxygen atoms in total. The first-order valence-electron chi connectivity index (χ1n) is 9.40. The molecule has 1 aliphatic rings. The molecular formula is C20H20Hg2O6. The molecule has 2 aromatic carbocycles. The van der Waals surface area contributed by atoms with Crippen LogP contribution in [0.2, 0.25) is 7.86 Å². The van der Waals surface area contributed by atoms with Crippen LogP contribution in [0, 0.1) is 0 Å². The van der Waals surface area contributed by atoms with Crippen molar-refractivity contribution in [1.82, 2.24) is 0 Å². The van der Waals surface area contributed by atoms with E-state index in [0.717, 1.165) is 7.86 Å². The summed E-state index contributed by atoms with van der Waals surface area (Å²) in [6.07, 6.45) is 0.0371. The molecule has 8 heteroatoms.